The van der Waals surface area contributed by atoms with Gasteiger partial charge in [-0.15, -0.1) is 0 Å². The number of ether oxygens (including phenoxy) is 2. The summed E-state index contributed by atoms with van der Waals surface area (Å²) in [6.07, 6.45) is 1.40. The van der Waals surface area contributed by atoms with Gasteiger partial charge in [-0.3, -0.25) is 4.90 Å². The summed E-state index contributed by atoms with van der Waals surface area (Å²) in [6.45, 7) is 5.32. The van der Waals surface area contributed by atoms with Crippen molar-refractivity contribution in [3.05, 3.63) is 46.9 Å². The van der Waals surface area contributed by atoms with E-state index in [4.69, 9.17) is 9.47 Å². The minimum atomic E-state index is -0.377. The lowest BCUT2D eigenvalue weighted by atomic mass is 10.1. The highest BCUT2D eigenvalue weighted by Gasteiger charge is 2.25. The summed E-state index contributed by atoms with van der Waals surface area (Å²) < 4.78 is 27.0. The van der Waals surface area contributed by atoms with Crippen molar-refractivity contribution in [2.24, 2.45) is 0 Å². The van der Waals surface area contributed by atoms with E-state index in [1.54, 1.807) is 18.2 Å². The van der Waals surface area contributed by atoms with Gasteiger partial charge in [0, 0.05) is 44.2 Å². The molecule has 1 fully saturated rings. The van der Waals surface area contributed by atoms with Gasteiger partial charge in [0.2, 0.25) is 0 Å². The third-order valence-electron chi connectivity index (χ3n) is 5.30. The molecule has 9 heteroatoms. The summed E-state index contributed by atoms with van der Waals surface area (Å²) in [5, 5.41) is 7.17. The first-order valence-electron chi connectivity index (χ1n) is 9.90. The molecule has 1 saturated heterocycles. The second-order valence-electron chi connectivity index (χ2n) is 7.37. The quantitative estimate of drug-likeness (QED) is 0.601. The molecule has 1 atom stereocenters. The molecule has 7 nitrogen and oxygen atoms in total. The smallest absolute Gasteiger partial charge is 0.163 e. The molecule has 5 rings (SSSR count). The van der Waals surface area contributed by atoms with E-state index in [0.717, 1.165) is 38.1 Å². The van der Waals surface area contributed by atoms with Crippen LogP contribution in [0.1, 0.15) is 0 Å². The predicted molar refractivity (Wildman–Crippen MR) is 116 cm³/mol. The monoisotopic (exact) mass is 473 g/mol. The fourth-order valence-electron chi connectivity index (χ4n) is 3.76. The number of nitrogens with zero attached hydrogens (tertiary/aromatic N) is 3. The number of benzene rings is 2. The summed E-state index contributed by atoms with van der Waals surface area (Å²) in [7, 11) is 0. The predicted octanol–water partition coefficient (Wildman–Crippen LogP) is 3.32. The molecule has 0 aliphatic carbocycles. The standard InChI is InChI=1S/C21H21BrFN5O2/c22-15-2-1-3-16(20(15)23)27-21-14-8-19-18(9-17(14)25-12-26-21)29-11-13(30-19)10-28-6-4-24-5-7-28/h1-3,8-9,12-13,24H,4-7,10-11H2,(H,25,26,27). The molecule has 1 aromatic heterocycles. The van der Waals surface area contributed by atoms with E-state index in [2.05, 4.69) is 41.4 Å². The molecule has 0 bridgehead atoms. The lowest BCUT2D eigenvalue weighted by molar-refractivity contribution is 0.0555. The van der Waals surface area contributed by atoms with Crippen molar-refractivity contribution < 1.29 is 13.9 Å². The molecule has 0 radical (unpaired) electrons. The van der Waals surface area contributed by atoms with E-state index in [-0.39, 0.29) is 11.9 Å². The van der Waals surface area contributed by atoms with Gasteiger partial charge in [0.1, 0.15) is 24.9 Å². The van der Waals surface area contributed by atoms with Crippen LogP contribution in [0.15, 0.2) is 41.1 Å². The Kier molecular flexibility index (Phi) is 5.41. The van der Waals surface area contributed by atoms with E-state index in [1.165, 1.54) is 6.33 Å². The van der Waals surface area contributed by atoms with Crippen molar-refractivity contribution >= 4 is 38.3 Å². The van der Waals surface area contributed by atoms with Gasteiger partial charge in [0.15, 0.2) is 17.3 Å². The molecule has 2 aliphatic rings. The van der Waals surface area contributed by atoms with Crippen molar-refractivity contribution in [3.63, 3.8) is 0 Å². The number of hydrogen-bond donors (Lipinski definition) is 2. The van der Waals surface area contributed by atoms with Crippen LogP contribution in [0.3, 0.4) is 0 Å². The maximum atomic E-state index is 14.4. The first kappa shape index (κ1) is 19.5. The van der Waals surface area contributed by atoms with Crippen LogP contribution in [0, 0.1) is 5.82 Å². The fraction of sp³-hybridized carbons (Fsp3) is 0.333. The molecule has 2 aromatic carbocycles. The van der Waals surface area contributed by atoms with E-state index in [1.807, 2.05) is 12.1 Å². The van der Waals surface area contributed by atoms with E-state index >= 15 is 0 Å². The molecule has 3 aromatic rings. The summed E-state index contributed by atoms with van der Waals surface area (Å²) in [5.41, 5.74) is 1.03. The van der Waals surface area contributed by atoms with Crippen LogP contribution < -0.4 is 20.1 Å². The number of aromatic nitrogens is 2. The lowest BCUT2D eigenvalue weighted by Gasteiger charge is -2.33. The van der Waals surface area contributed by atoms with Crippen LogP contribution in [0.4, 0.5) is 15.9 Å². The summed E-state index contributed by atoms with van der Waals surface area (Å²) in [6, 6.07) is 8.79. The maximum Gasteiger partial charge on any atom is 0.163 e. The molecule has 0 saturated carbocycles. The largest absolute Gasteiger partial charge is 0.486 e. The van der Waals surface area contributed by atoms with Crippen molar-refractivity contribution in [1.29, 1.82) is 0 Å². The van der Waals surface area contributed by atoms with Crippen LogP contribution >= 0.6 is 15.9 Å². The highest BCUT2D eigenvalue weighted by molar-refractivity contribution is 9.10. The zero-order valence-corrected chi connectivity index (χ0v) is 17.8. The van der Waals surface area contributed by atoms with E-state index < -0.39 is 0 Å². The van der Waals surface area contributed by atoms with Crippen molar-refractivity contribution in [1.82, 2.24) is 20.2 Å². The van der Waals surface area contributed by atoms with Gasteiger partial charge in [0.25, 0.3) is 0 Å². The second kappa shape index (κ2) is 8.33. The number of rotatable bonds is 4. The molecule has 1 unspecified atom stereocenters. The van der Waals surface area contributed by atoms with E-state index in [9.17, 15) is 4.39 Å². The zero-order valence-electron chi connectivity index (χ0n) is 16.2. The topological polar surface area (TPSA) is 71.5 Å². The third-order valence-corrected chi connectivity index (χ3v) is 5.91. The Hall–Kier alpha value is -2.49. The van der Waals surface area contributed by atoms with Gasteiger partial charge in [-0.2, -0.15) is 0 Å². The molecule has 156 valence electrons. The fourth-order valence-corrected chi connectivity index (χ4v) is 4.13. The van der Waals surface area contributed by atoms with Gasteiger partial charge in [-0.25, -0.2) is 14.4 Å². The second-order valence-corrected chi connectivity index (χ2v) is 8.22. The summed E-state index contributed by atoms with van der Waals surface area (Å²) >= 11 is 3.21. The zero-order chi connectivity index (χ0) is 20.5. The van der Waals surface area contributed by atoms with Gasteiger partial charge in [-0.05, 0) is 34.1 Å². The van der Waals surface area contributed by atoms with Crippen LogP contribution in [0.2, 0.25) is 0 Å². The number of nitrogens with one attached hydrogen (secondary N) is 2. The number of halogens is 2. The molecular formula is C21H21BrFN5O2. The Morgan fingerprint density at radius 3 is 2.93 bits per heavy atom. The Labute approximate surface area is 181 Å². The number of piperazine rings is 1. The molecule has 30 heavy (non-hydrogen) atoms. The minimum Gasteiger partial charge on any atom is -0.486 e. The van der Waals surface area contributed by atoms with Crippen molar-refractivity contribution in [2.75, 3.05) is 44.6 Å². The molecule has 2 aliphatic heterocycles. The number of fused-ring (bicyclic) bond motifs is 2. The minimum absolute atomic E-state index is 0.0448. The van der Waals surface area contributed by atoms with Crippen LogP contribution in [-0.4, -0.2) is 60.3 Å². The average molecular weight is 474 g/mol. The Balaban J connectivity index is 1.42. The van der Waals surface area contributed by atoms with Crippen LogP contribution in [0.5, 0.6) is 11.5 Å². The molecule has 0 amide bonds. The average Bonchev–Trinajstić information content (AvgIpc) is 2.76. The molecule has 2 N–H and O–H groups in total. The Bertz CT molecular complexity index is 1080. The third kappa shape index (κ3) is 3.92. The number of hydrogen-bond acceptors (Lipinski definition) is 7. The summed E-state index contributed by atoms with van der Waals surface area (Å²) in [4.78, 5) is 11.0. The Morgan fingerprint density at radius 2 is 2.07 bits per heavy atom. The molecular weight excluding hydrogens is 453 g/mol. The van der Waals surface area contributed by atoms with Gasteiger partial charge in [-0.1, -0.05) is 6.07 Å². The first-order chi connectivity index (χ1) is 14.7. The number of anilines is 2. The van der Waals surface area contributed by atoms with Gasteiger partial charge >= 0.3 is 0 Å². The highest BCUT2D eigenvalue weighted by Crippen LogP contribution is 2.38. The van der Waals surface area contributed by atoms with Crippen LogP contribution in [-0.2, 0) is 0 Å². The Morgan fingerprint density at radius 1 is 1.20 bits per heavy atom. The van der Waals surface area contributed by atoms with Crippen molar-refractivity contribution in [2.45, 2.75) is 6.10 Å². The molecule has 3 heterocycles. The highest BCUT2D eigenvalue weighted by atomic mass is 79.9. The normalized spacial score (nSPS) is 19.1. The van der Waals surface area contributed by atoms with Crippen LogP contribution in [0.25, 0.3) is 10.9 Å². The first-order valence-corrected chi connectivity index (χ1v) is 10.7. The van der Waals surface area contributed by atoms with Crippen molar-refractivity contribution in [3.8, 4) is 11.5 Å². The SMILES string of the molecule is Fc1c(Br)cccc1Nc1ncnc2cc3c(cc12)OC(CN1CCNCC1)CO3. The van der Waals surface area contributed by atoms with E-state index in [0.29, 0.717) is 39.6 Å². The van der Waals surface area contributed by atoms with Gasteiger partial charge in [0.05, 0.1) is 15.7 Å². The maximum absolute atomic E-state index is 14.4. The van der Waals surface area contributed by atoms with Gasteiger partial charge < -0.3 is 20.1 Å². The molecule has 0 spiro atoms. The lowest BCUT2D eigenvalue weighted by Crippen LogP contribution is -2.49. The summed E-state index contributed by atoms with van der Waals surface area (Å²) in [5.74, 6) is 1.45.